The molecule has 0 N–H and O–H groups in total. The number of benzene rings is 1. The molecule has 0 saturated carbocycles. The van der Waals surface area contributed by atoms with Gasteiger partial charge in [-0.3, -0.25) is 0 Å². The zero-order valence-corrected chi connectivity index (χ0v) is 11.8. The minimum absolute atomic E-state index is 0.614. The van der Waals surface area contributed by atoms with Gasteiger partial charge >= 0.3 is 0 Å². The number of carbonyl (C=O) groups is 1. The highest BCUT2D eigenvalue weighted by molar-refractivity contribution is 5.49. The van der Waals surface area contributed by atoms with Gasteiger partial charge in [0.15, 0.2) is 0 Å². The van der Waals surface area contributed by atoms with E-state index < -0.39 is 0 Å². The molecule has 0 bridgehead atoms. The quantitative estimate of drug-likeness (QED) is 0.708. The van der Waals surface area contributed by atoms with Crippen LogP contribution in [0, 0.1) is 12.8 Å². The van der Waals surface area contributed by atoms with Crippen molar-refractivity contribution in [1.29, 1.82) is 0 Å². The molecular formula is C17H24O. The van der Waals surface area contributed by atoms with Gasteiger partial charge in [-0.15, -0.1) is 0 Å². The summed E-state index contributed by atoms with van der Waals surface area (Å²) in [5.74, 6) is 1.95. The maximum atomic E-state index is 10.5. The molecule has 0 fully saturated rings. The molecule has 98 valence electrons. The zero-order valence-electron chi connectivity index (χ0n) is 11.8. The molecule has 1 nitrogen and oxygen atoms in total. The second kappa shape index (κ2) is 5.69. The fraction of sp³-hybridized carbons (Fsp3) is 0.588. The van der Waals surface area contributed by atoms with Crippen molar-refractivity contribution in [1.82, 2.24) is 0 Å². The molecule has 1 heteroatoms. The van der Waals surface area contributed by atoms with Crippen molar-refractivity contribution in [3.63, 3.8) is 0 Å². The van der Waals surface area contributed by atoms with Gasteiger partial charge in [-0.1, -0.05) is 37.6 Å². The van der Waals surface area contributed by atoms with Gasteiger partial charge in [0.2, 0.25) is 0 Å². The van der Waals surface area contributed by atoms with Crippen LogP contribution in [0.5, 0.6) is 0 Å². The molecule has 0 aromatic heterocycles. The molecule has 18 heavy (non-hydrogen) atoms. The van der Waals surface area contributed by atoms with Crippen LogP contribution in [-0.2, 0) is 4.79 Å². The number of carbonyl (C=O) groups excluding carboxylic acids is 1. The first-order chi connectivity index (χ1) is 8.63. The van der Waals surface area contributed by atoms with E-state index in [4.69, 9.17) is 0 Å². The molecule has 1 aliphatic rings. The summed E-state index contributed by atoms with van der Waals surface area (Å²) in [6, 6.07) is 6.91. The minimum Gasteiger partial charge on any atom is -0.303 e. The maximum absolute atomic E-state index is 10.5. The predicted molar refractivity (Wildman–Crippen MR) is 76.0 cm³/mol. The van der Waals surface area contributed by atoms with Crippen LogP contribution in [0.15, 0.2) is 18.2 Å². The van der Waals surface area contributed by atoms with Gasteiger partial charge in [0.05, 0.1) is 0 Å². The van der Waals surface area contributed by atoms with Crippen LogP contribution in [0.25, 0.3) is 0 Å². The van der Waals surface area contributed by atoms with Gasteiger partial charge in [0.25, 0.3) is 0 Å². The Hall–Kier alpha value is -1.11. The number of fused-ring (bicyclic) bond motifs is 1. The second-order valence-electron chi connectivity index (χ2n) is 5.94. The van der Waals surface area contributed by atoms with E-state index in [2.05, 4.69) is 39.0 Å². The molecule has 0 amide bonds. The Balaban J connectivity index is 2.27. The average molecular weight is 244 g/mol. The highest BCUT2D eigenvalue weighted by atomic mass is 16.1. The summed E-state index contributed by atoms with van der Waals surface area (Å²) >= 11 is 0. The Morgan fingerprint density at radius 1 is 1.33 bits per heavy atom. The molecule has 3 atom stereocenters. The lowest BCUT2D eigenvalue weighted by molar-refractivity contribution is -0.108. The molecule has 2 rings (SSSR count). The zero-order chi connectivity index (χ0) is 13.1. The summed E-state index contributed by atoms with van der Waals surface area (Å²) in [5, 5.41) is 0. The molecule has 1 aliphatic carbocycles. The third kappa shape index (κ3) is 2.66. The summed E-state index contributed by atoms with van der Waals surface area (Å²) < 4.78 is 0. The highest BCUT2D eigenvalue weighted by Crippen LogP contribution is 2.43. The Morgan fingerprint density at radius 3 is 2.83 bits per heavy atom. The average Bonchev–Trinajstić information content (AvgIpc) is 2.36. The standard InChI is InChI=1S/C17H24O/c1-12-6-8-15-14(3)7-9-16(17(15)11-12)13(2)5-4-10-18/h6,8,10-11,13-14,16H,4-5,7,9H2,1-3H3/t13?,14-,16+/m0/s1. The Kier molecular flexibility index (Phi) is 4.21. The summed E-state index contributed by atoms with van der Waals surface area (Å²) in [6.07, 6.45) is 5.34. The molecule has 0 spiro atoms. The lowest BCUT2D eigenvalue weighted by Crippen LogP contribution is -2.19. The molecule has 0 saturated heterocycles. The van der Waals surface area contributed by atoms with Gasteiger partial charge in [-0.25, -0.2) is 0 Å². The van der Waals surface area contributed by atoms with E-state index in [9.17, 15) is 4.79 Å². The number of hydrogen-bond donors (Lipinski definition) is 0. The minimum atomic E-state index is 0.614. The van der Waals surface area contributed by atoms with Crippen LogP contribution in [0.2, 0.25) is 0 Å². The van der Waals surface area contributed by atoms with E-state index in [0.717, 1.165) is 12.7 Å². The largest absolute Gasteiger partial charge is 0.303 e. The molecular weight excluding hydrogens is 220 g/mol. The van der Waals surface area contributed by atoms with Crippen molar-refractivity contribution in [2.24, 2.45) is 5.92 Å². The topological polar surface area (TPSA) is 17.1 Å². The second-order valence-corrected chi connectivity index (χ2v) is 5.94. The van der Waals surface area contributed by atoms with Crippen molar-refractivity contribution in [2.75, 3.05) is 0 Å². The summed E-state index contributed by atoms with van der Waals surface area (Å²) in [4.78, 5) is 10.5. The smallest absolute Gasteiger partial charge is 0.120 e. The van der Waals surface area contributed by atoms with Crippen LogP contribution >= 0.6 is 0 Å². The van der Waals surface area contributed by atoms with E-state index >= 15 is 0 Å². The van der Waals surface area contributed by atoms with Gasteiger partial charge in [-0.05, 0) is 55.1 Å². The van der Waals surface area contributed by atoms with Crippen molar-refractivity contribution >= 4 is 6.29 Å². The fourth-order valence-electron chi connectivity index (χ4n) is 3.33. The van der Waals surface area contributed by atoms with E-state index in [1.807, 2.05) is 0 Å². The van der Waals surface area contributed by atoms with E-state index in [1.165, 1.54) is 24.0 Å². The number of aldehydes is 1. The Bertz CT molecular complexity index is 422. The van der Waals surface area contributed by atoms with Crippen molar-refractivity contribution in [2.45, 2.75) is 58.3 Å². The molecule has 0 aliphatic heterocycles. The lowest BCUT2D eigenvalue weighted by atomic mass is 9.71. The molecule has 0 heterocycles. The Labute approximate surface area is 111 Å². The molecule has 1 unspecified atom stereocenters. The predicted octanol–water partition coefficient (Wildman–Crippen LogP) is 4.59. The van der Waals surface area contributed by atoms with E-state index in [1.54, 1.807) is 5.56 Å². The number of hydrogen-bond acceptors (Lipinski definition) is 1. The molecule has 1 aromatic rings. The Morgan fingerprint density at radius 2 is 2.11 bits per heavy atom. The van der Waals surface area contributed by atoms with Crippen LogP contribution in [0.1, 0.15) is 68.1 Å². The molecule has 0 radical (unpaired) electrons. The van der Waals surface area contributed by atoms with Crippen molar-refractivity contribution < 1.29 is 4.79 Å². The monoisotopic (exact) mass is 244 g/mol. The first-order valence-electron chi connectivity index (χ1n) is 7.17. The van der Waals surface area contributed by atoms with Gasteiger partial charge < -0.3 is 4.79 Å². The van der Waals surface area contributed by atoms with Gasteiger partial charge in [0, 0.05) is 6.42 Å². The normalized spacial score (nSPS) is 24.4. The van der Waals surface area contributed by atoms with Crippen molar-refractivity contribution in [3.05, 3.63) is 34.9 Å². The van der Waals surface area contributed by atoms with Crippen LogP contribution in [0.4, 0.5) is 0 Å². The lowest BCUT2D eigenvalue weighted by Gasteiger charge is -2.34. The van der Waals surface area contributed by atoms with E-state index in [-0.39, 0.29) is 0 Å². The summed E-state index contributed by atoms with van der Waals surface area (Å²) in [6.45, 7) is 6.81. The third-order valence-corrected chi connectivity index (χ3v) is 4.51. The third-order valence-electron chi connectivity index (χ3n) is 4.51. The molecule has 1 aromatic carbocycles. The first-order valence-corrected chi connectivity index (χ1v) is 7.17. The number of rotatable bonds is 4. The number of aryl methyl sites for hydroxylation is 1. The van der Waals surface area contributed by atoms with Crippen LogP contribution < -0.4 is 0 Å². The van der Waals surface area contributed by atoms with Gasteiger partial charge in [0.1, 0.15) is 6.29 Å². The van der Waals surface area contributed by atoms with Crippen LogP contribution in [0.3, 0.4) is 0 Å². The van der Waals surface area contributed by atoms with Gasteiger partial charge in [-0.2, -0.15) is 0 Å². The summed E-state index contributed by atoms with van der Waals surface area (Å²) in [7, 11) is 0. The van der Waals surface area contributed by atoms with Crippen LogP contribution in [-0.4, -0.2) is 6.29 Å². The van der Waals surface area contributed by atoms with E-state index in [0.29, 0.717) is 24.2 Å². The fourth-order valence-corrected chi connectivity index (χ4v) is 3.33. The SMILES string of the molecule is Cc1ccc2c(c1)[C@@H](C(C)CCC=O)CC[C@@H]2C. The first kappa shape index (κ1) is 13.3. The maximum Gasteiger partial charge on any atom is 0.120 e. The van der Waals surface area contributed by atoms with Crippen molar-refractivity contribution in [3.8, 4) is 0 Å². The highest BCUT2D eigenvalue weighted by Gasteiger charge is 2.28. The summed E-state index contributed by atoms with van der Waals surface area (Å²) in [5.41, 5.74) is 4.44.